The molecule has 1 amide bonds. The second kappa shape index (κ2) is 8.79. The fourth-order valence-corrected chi connectivity index (χ4v) is 4.25. The van der Waals surface area contributed by atoms with Crippen molar-refractivity contribution in [3.05, 3.63) is 63.1 Å². The molecule has 0 spiro atoms. The van der Waals surface area contributed by atoms with Gasteiger partial charge in [-0.25, -0.2) is 4.39 Å². The molecule has 2 aromatic rings. The summed E-state index contributed by atoms with van der Waals surface area (Å²) in [6.45, 7) is 0.899. The first-order valence-corrected chi connectivity index (χ1v) is 10.3. The predicted molar refractivity (Wildman–Crippen MR) is 108 cm³/mol. The summed E-state index contributed by atoms with van der Waals surface area (Å²) >= 11 is 1.07. The highest BCUT2D eigenvalue weighted by atomic mass is 32.1. The first-order valence-electron chi connectivity index (χ1n) is 9.52. The zero-order chi connectivity index (χ0) is 23.0. The van der Waals surface area contributed by atoms with Crippen molar-refractivity contribution in [2.75, 3.05) is 34.0 Å². The molecular formula is C20H19F2N5O4S. The topological polar surface area (TPSA) is 102 Å². The Morgan fingerprint density at radius 1 is 1.34 bits per heavy atom. The van der Waals surface area contributed by atoms with Gasteiger partial charge in [0.25, 0.3) is 5.91 Å². The van der Waals surface area contributed by atoms with E-state index in [1.807, 2.05) is 0 Å². The predicted octanol–water partition coefficient (Wildman–Crippen LogP) is 1.09. The molecule has 2 N–H and O–H groups in total. The van der Waals surface area contributed by atoms with Crippen LogP contribution >= 0.6 is 11.3 Å². The maximum absolute atomic E-state index is 13.9. The number of hydrazine groups is 1. The zero-order valence-electron chi connectivity index (χ0n) is 17.2. The van der Waals surface area contributed by atoms with Crippen LogP contribution in [0.5, 0.6) is 0 Å². The van der Waals surface area contributed by atoms with Crippen LogP contribution in [-0.4, -0.2) is 81.3 Å². The third-order valence-corrected chi connectivity index (χ3v) is 5.97. The van der Waals surface area contributed by atoms with Gasteiger partial charge in [-0.2, -0.15) is 9.40 Å². The summed E-state index contributed by atoms with van der Waals surface area (Å²) in [6, 6.07) is 5.30. The number of aliphatic hydroxyl groups excluding tert-OH is 2. The maximum Gasteiger partial charge on any atom is 0.276 e. The van der Waals surface area contributed by atoms with Gasteiger partial charge in [0.2, 0.25) is 0 Å². The summed E-state index contributed by atoms with van der Waals surface area (Å²) in [6.07, 6.45) is 0.0190. The Balaban J connectivity index is 1.59. The lowest BCUT2D eigenvalue weighted by atomic mass is 10.0. The number of halogens is 2. The molecule has 0 aliphatic carbocycles. The Hall–Kier alpha value is -3.11. The quantitative estimate of drug-likeness (QED) is 0.657. The number of fused-ring (bicyclic) bond motifs is 1. The van der Waals surface area contributed by atoms with Crippen molar-refractivity contribution in [2.24, 2.45) is 0 Å². The van der Waals surface area contributed by atoms with Crippen molar-refractivity contribution in [3.63, 3.8) is 0 Å². The normalized spacial score (nSPS) is 19.2. The standard InChI is InChI=1S/C20H19F2N5O4S/c1-25-10-26(5-6-31-2)20(30)16-18(29)17(28)13(9-27(16)25)19-24-23-15(32-19)7-11-3-4-12(21)8-14(11)22/h8-9,17,28-29H,5-7,10H2,1-2H3. The molecule has 3 heterocycles. The third kappa shape index (κ3) is 4.03. The summed E-state index contributed by atoms with van der Waals surface area (Å²) in [5, 5.41) is 33.2. The molecule has 4 rings (SSSR count). The number of hydrogen-bond donors (Lipinski definition) is 2. The van der Waals surface area contributed by atoms with E-state index in [4.69, 9.17) is 4.74 Å². The van der Waals surface area contributed by atoms with Gasteiger partial charge < -0.3 is 19.8 Å². The van der Waals surface area contributed by atoms with Gasteiger partial charge in [-0.05, 0) is 6.07 Å². The van der Waals surface area contributed by atoms with Gasteiger partial charge in [0, 0.05) is 50.5 Å². The van der Waals surface area contributed by atoms with Crippen molar-refractivity contribution >= 4 is 22.8 Å². The first-order chi connectivity index (χ1) is 15.3. The van der Waals surface area contributed by atoms with Crippen molar-refractivity contribution < 1.29 is 28.5 Å². The molecular weight excluding hydrogens is 444 g/mol. The minimum Gasteiger partial charge on any atom is -0.507 e. The first kappa shape index (κ1) is 22.1. The summed E-state index contributed by atoms with van der Waals surface area (Å²) in [5.74, 6) is -2.57. The Bertz CT molecular complexity index is 1110. The van der Waals surface area contributed by atoms with Crippen LogP contribution in [0.2, 0.25) is 0 Å². The highest BCUT2D eigenvalue weighted by molar-refractivity contribution is 7.12. The monoisotopic (exact) mass is 463 g/mol. The Morgan fingerprint density at radius 3 is 2.84 bits per heavy atom. The SMILES string of the molecule is COCCN1CN(C)N2C=C(c3nnc(Cc4c#cc(F)cc4F)s3)C(O)C(O)=C2C1=O. The summed E-state index contributed by atoms with van der Waals surface area (Å²) < 4.78 is 32.0. The van der Waals surface area contributed by atoms with E-state index in [1.165, 1.54) is 23.2 Å². The van der Waals surface area contributed by atoms with Crippen LogP contribution < -0.4 is 0 Å². The molecule has 168 valence electrons. The molecule has 0 radical (unpaired) electrons. The van der Waals surface area contributed by atoms with Crippen LogP contribution in [0.4, 0.5) is 8.78 Å². The molecule has 1 aromatic carbocycles. The van der Waals surface area contributed by atoms with Crippen LogP contribution in [-0.2, 0) is 16.0 Å². The highest BCUT2D eigenvalue weighted by Crippen LogP contribution is 2.35. The minimum absolute atomic E-state index is 0.00723. The second-order valence-electron chi connectivity index (χ2n) is 7.17. The van der Waals surface area contributed by atoms with Gasteiger partial charge in [0.1, 0.15) is 21.9 Å². The minimum atomic E-state index is -1.50. The fourth-order valence-electron chi connectivity index (χ4n) is 3.36. The number of aliphatic hydroxyl groups is 2. The number of ether oxygens (including phenoxy) is 1. The van der Waals surface area contributed by atoms with E-state index < -0.39 is 29.4 Å². The van der Waals surface area contributed by atoms with E-state index in [9.17, 15) is 23.8 Å². The number of aromatic nitrogens is 2. The van der Waals surface area contributed by atoms with Crippen molar-refractivity contribution in [1.29, 1.82) is 0 Å². The molecule has 1 atom stereocenters. The average molecular weight is 463 g/mol. The molecule has 1 aromatic heterocycles. The van der Waals surface area contributed by atoms with E-state index in [2.05, 4.69) is 22.3 Å². The van der Waals surface area contributed by atoms with Crippen molar-refractivity contribution in [2.45, 2.75) is 12.5 Å². The van der Waals surface area contributed by atoms with Crippen molar-refractivity contribution in [1.82, 2.24) is 25.1 Å². The van der Waals surface area contributed by atoms with E-state index in [-0.39, 0.29) is 34.9 Å². The molecule has 0 bridgehead atoms. The van der Waals surface area contributed by atoms with Gasteiger partial charge >= 0.3 is 0 Å². The molecule has 9 nitrogen and oxygen atoms in total. The van der Waals surface area contributed by atoms with E-state index in [0.717, 1.165) is 11.3 Å². The van der Waals surface area contributed by atoms with Gasteiger partial charge in [0.15, 0.2) is 17.3 Å². The van der Waals surface area contributed by atoms with Crippen LogP contribution in [0.25, 0.3) is 5.57 Å². The highest BCUT2D eigenvalue weighted by Gasteiger charge is 2.41. The third-order valence-electron chi connectivity index (χ3n) is 5.00. The molecule has 1 saturated heterocycles. The number of carbonyl (C=O) groups is 1. The van der Waals surface area contributed by atoms with Crippen LogP contribution in [0.1, 0.15) is 15.6 Å². The zero-order valence-corrected chi connectivity index (χ0v) is 18.0. The van der Waals surface area contributed by atoms with Gasteiger partial charge in [0.05, 0.1) is 13.3 Å². The lowest BCUT2D eigenvalue weighted by Gasteiger charge is -2.44. The summed E-state index contributed by atoms with van der Waals surface area (Å²) in [4.78, 5) is 14.3. The summed E-state index contributed by atoms with van der Waals surface area (Å²) in [7, 11) is 3.25. The van der Waals surface area contributed by atoms with E-state index in [0.29, 0.717) is 24.2 Å². The smallest absolute Gasteiger partial charge is 0.276 e. The molecule has 2 aliphatic rings. The van der Waals surface area contributed by atoms with Gasteiger partial charge in [-0.15, -0.1) is 10.2 Å². The Morgan fingerprint density at radius 2 is 2.12 bits per heavy atom. The van der Waals surface area contributed by atoms with Gasteiger partial charge in [-0.1, -0.05) is 17.4 Å². The molecule has 32 heavy (non-hydrogen) atoms. The number of rotatable bonds is 6. The van der Waals surface area contributed by atoms with E-state index >= 15 is 0 Å². The van der Waals surface area contributed by atoms with Crippen molar-refractivity contribution in [3.8, 4) is 0 Å². The van der Waals surface area contributed by atoms with E-state index in [1.54, 1.807) is 12.1 Å². The Labute approximate surface area is 186 Å². The number of carbonyl (C=O) groups excluding carboxylic acids is 1. The average Bonchev–Trinajstić information content (AvgIpc) is 3.22. The largest absolute Gasteiger partial charge is 0.507 e. The number of methoxy groups -OCH3 is 1. The molecule has 0 saturated carbocycles. The molecule has 1 unspecified atom stereocenters. The van der Waals surface area contributed by atoms with Crippen LogP contribution in [0.3, 0.4) is 0 Å². The molecule has 12 heteroatoms. The molecule has 2 aliphatic heterocycles. The Kier molecular flexibility index (Phi) is 6.07. The van der Waals surface area contributed by atoms with Crippen LogP contribution in [0, 0.1) is 23.8 Å². The van der Waals surface area contributed by atoms with Gasteiger partial charge in [-0.3, -0.25) is 9.80 Å². The fraction of sp³-hybridized carbons (Fsp3) is 0.350. The lowest BCUT2D eigenvalue weighted by molar-refractivity contribution is -0.144. The summed E-state index contributed by atoms with van der Waals surface area (Å²) in [5.41, 5.74) is 0.249. The number of hydrogen-bond acceptors (Lipinski definition) is 9. The van der Waals surface area contributed by atoms with Crippen LogP contribution in [0.15, 0.2) is 23.7 Å². The number of nitrogens with zero attached hydrogens (tertiary/aromatic N) is 5. The maximum atomic E-state index is 13.9. The second-order valence-corrected chi connectivity index (χ2v) is 8.23. The lowest BCUT2D eigenvalue weighted by Crippen LogP contribution is -2.57. The molecule has 1 fully saturated rings. The number of amides is 1.